The second-order valence-electron chi connectivity index (χ2n) is 3.85. The van der Waals surface area contributed by atoms with Crippen LogP contribution in [0.3, 0.4) is 0 Å². The van der Waals surface area contributed by atoms with Crippen LogP contribution in [0.5, 0.6) is 0 Å². The lowest BCUT2D eigenvalue weighted by Gasteiger charge is -2.26. The van der Waals surface area contributed by atoms with E-state index in [1.165, 1.54) is 32.1 Å². The molecule has 0 amide bonds. The van der Waals surface area contributed by atoms with Crippen molar-refractivity contribution in [1.82, 2.24) is 0 Å². The van der Waals surface area contributed by atoms with E-state index in [0.717, 1.165) is 12.3 Å². The summed E-state index contributed by atoms with van der Waals surface area (Å²) >= 11 is 0. The summed E-state index contributed by atoms with van der Waals surface area (Å²) in [6, 6.07) is 0. The maximum atomic E-state index is 9.52. The SMILES string of the molecule is O[C@@H]1CC[C@H]2CCCC[C@H]21. The smallest absolute Gasteiger partial charge is 0.0571 e. The van der Waals surface area contributed by atoms with Crippen LogP contribution in [0.2, 0.25) is 0 Å². The third-order valence-electron chi connectivity index (χ3n) is 3.30. The lowest BCUT2D eigenvalue weighted by molar-refractivity contribution is 0.0963. The van der Waals surface area contributed by atoms with Gasteiger partial charge in [-0.05, 0) is 31.1 Å². The van der Waals surface area contributed by atoms with Gasteiger partial charge in [0.05, 0.1) is 6.10 Å². The molecule has 3 atom stereocenters. The molecule has 0 spiro atoms. The van der Waals surface area contributed by atoms with Crippen LogP contribution in [0.25, 0.3) is 0 Å². The van der Waals surface area contributed by atoms with Crippen LogP contribution in [0, 0.1) is 11.8 Å². The highest BCUT2D eigenvalue weighted by Crippen LogP contribution is 2.41. The van der Waals surface area contributed by atoms with E-state index < -0.39 is 0 Å². The number of fused-ring (bicyclic) bond motifs is 1. The van der Waals surface area contributed by atoms with Crippen LogP contribution < -0.4 is 0 Å². The van der Waals surface area contributed by atoms with Crippen LogP contribution >= 0.6 is 0 Å². The largest absolute Gasteiger partial charge is 0.393 e. The first kappa shape index (κ1) is 6.66. The first-order valence-corrected chi connectivity index (χ1v) is 4.56. The standard InChI is InChI=1S/C9H16O/c10-9-6-5-7-3-1-2-4-8(7)9/h7-10H,1-6H2/t7-,8-,9-/m1/s1. The number of hydrogen-bond donors (Lipinski definition) is 1. The van der Waals surface area contributed by atoms with E-state index in [1.807, 2.05) is 0 Å². The monoisotopic (exact) mass is 140 g/mol. The van der Waals surface area contributed by atoms with E-state index in [-0.39, 0.29) is 6.10 Å². The van der Waals surface area contributed by atoms with Crippen LogP contribution in [0.15, 0.2) is 0 Å². The zero-order chi connectivity index (χ0) is 6.97. The third-order valence-corrected chi connectivity index (χ3v) is 3.30. The minimum atomic E-state index is 0.0605. The van der Waals surface area contributed by atoms with Crippen molar-refractivity contribution in [2.45, 2.75) is 44.6 Å². The van der Waals surface area contributed by atoms with Gasteiger partial charge in [-0.15, -0.1) is 0 Å². The highest BCUT2D eigenvalue weighted by molar-refractivity contribution is 4.86. The van der Waals surface area contributed by atoms with E-state index in [4.69, 9.17) is 0 Å². The fourth-order valence-electron chi connectivity index (χ4n) is 2.70. The van der Waals surface area contributed by atoms with Crippen molar-refractivity contribution in [1.29, 1.82) is 0 Å². The average molecular weight is 140 g/mol. The van der Waals surface area contributed by atoms with E-state index in [9.17, 15) is 5.11 Å². The molecule has 0 aliphatic heterocycles. The summed E-state index contributed by atoms with van der Waals surface area (Å²) in [7, 11) is 0. The van der Waals surface area contributed by atoms with Gasteiger partial charge in [0.25, 0.3) is 0 Å². The molecule has 2 saturated carbocycles. The molecule has 1 nitrogen and oxygen atoms in total. The van der Waals surface area contributed by atoms with Gasteiger partial charge in [0.15, 0.2) is 0 Å². The highest BCUT2D eigenvalue weighted by atomic mass is 16.3. The van der Waals surface area contributed by atoms with E-state index in [1.54, 1.807) is 0 Å². The second-order valence-corrected chi connectivity index (χ2v) is 3.85. The Bertz CT molecular complexity index is 120. The Morgan fingerprint density at radius 3 is 2.50 bits per heavy atom. The van der Waals surface area contributed by atoms with Gasteiger partial charge in [0.1, 0.15) is 0 Å². The molecule has 58 valence electrons. The number of aliphatic hydroxyl groups is 1. The van der Waals surface area contributed by atoms with Crippen molar-refractivity contribution in [2.24, 2.45) is 11.8 Å². The summed E-state index contributed by atoms with van der Waals surface area (Å²) in [4.78, 5) is 0. The Labute approximate surface area is 62.4 Å². The van der Waals surface area contributed by atoms with Gasteiger partial charge in [0, 0.05) is 0 Å². The van der Waals surface area contributed by atoms with Gasteiger partial charge in [-0.3, -0.25) is 0 Å². The molecule has 0 aromatic heterocycles. The van der Waals surface area contributed by atoms with Crippen molar-refractivity contribution < 1.29 is 5.11 Å². The van der Waals surface area contributed by atoms with Crippen molar-refractivity contribution in [3.63, 3.8) is 0 Å². The average Bonchev–Trinajstić information content (AvgIpc) is 2.34. The molecule has 0 saturated heterocycles. The van der Waals surface area contributed by atoms with Crippen molar-refractivity contribution in [3.05, 3.63) is 0 Å². The maximum absolute atomic E-state index is 9.52. The number of rotatable bonds is 0. The van der Waals surface area contributed by atoms with Gasteiger partial charge >= 0.3 is 0 Å². The quantitative estimate of drug-likeness (QED) is 0.545. The van der Waals surface area contributed by atoms with Gasteiger partial charge in [0.2, 0.25) is 0 Å². The second kappa shape index (κ2) is 2.54. The summed E-state index contributed by atoms with van der Waals surface area (Å²) in [5.41, 5.74) is 0. The Balaban J connectivity index is 2.01. The van der Waals surface area contributed by atoms with Crippen molar-refractivity contribution in [2.75, 3.05) is 0 Å². The molecule has 0 aromatic rings. The van der Waals surface area contributed by atoms with Crippen LogP contribution in [0.1, 0.15) is 38.5 Å². The molecule has 1 N–H and O–H groups in total. The van der Waals surface area contributed by atoms with Gasteiger partial charge in [-0.25, -0.2) is 0 Å². The Kier molecular flexibility index (Phi) is 1.69. The highest BCUT2D eigenvalue weighted by Gasteiger charge is 2.35. The molecular formula is C9H16O. The maximum Gasteiger partial charge on any atom is 0.0571 e. The first-order chi connectivity index (χ1) is 4.88. The Morgan fingerprint density at radius 1 is 0.900 bits per heavy atom. The molecule has 0 bridgehead atoms. The molecule has 1 heteroatoms. The fourth-order valence-corrected chi connectivity index (χ4v) is 2.70. The van der Waals surface area contributed by atoms with Crippen molar-refractivity contribution >= 4 is 0 Å². The molecule has 0 aromatic carbocycles. The minimum Gasteiger partial charge on any atom is -0.393 e. The van der Waals surface area contributed by atoms with E-state index in [2.05, 4.69) is 0 Å². The van der Waals surface area contributed by atoms with Gasteiger partial charge in [-0.2, -0.15) is 0 Å². The topological polar surface area (TPSA) is 20.2 Å². The van der Waals surface area contributed by atoms with Crippen molar-refractivity contribution in [3.8, 4) is 0 Å². The normalized spacial score (nSPS) is 47.1. The third kappa shape index (κ3) is 0.968. The molecule has 0 heterocycles. The summed E-state index contributed by atoms with van der Waals surface area (Å²) in [5, 5.41) is 9.52. The van der Waals surface area contributed by atoms with Crippen LogP contribution in [-0.4, -0.2) is 11.2 Å². The molecule has 2 aliphatic carbocycles. The summed E-state index contributed by atoms with van der Waals surface area (Å²) in [5.74, 6) is 1.58. The molecule has 0 radical (unpaired) electrons. The minimum absolute atomic E-state index is 0.0605. The molecule has 2 aliphatic rings. The lowest BCUT2D eigenvalue weighted by atomic mass is 9.81. The summed E-state index contributed by atoms with van der Waals surface area (Å²) in [6.45, 7) is 0. The van der Waals surface area contributed by atoms with Crippen LogP contribution in [-0.2, 0) is 0 Å². The van der Waals surface area contributed by atoms with Crippen LogP contribution in [0.4, 0.5) is 0 Å². The molecule has 2 rings (SSSR count). The first-order valence-electron chi connectivity index (χ1n) is 4.56. The van der Waals surface area contributed by atoms with E-state index >= 15 is 0 Å². The fraction of sp³-hybridized carbons (Fsp3) is 1.00. The number of aliphatic hydroxyl groups excluding tert-OH is 1. The summed E-state index contributed by atoms with van der Waals surface area (Å²) in [6.07, 6.45) is 7.89. The summed E-state index contributed by atoms with van der Waals surface area (Å²) < 4.78 is 0. The predicted octanol–water partition coefficient (Wildman–Crippen LogP) is 1.95. The lowest BCUT2D eigenvalue weighted by Crippen LogP contribution is -2.22. The Hall–Kier alpha value is -0.0400. The molecular weight excluding hydrogens is 124 g/mol. The number of hydrogen-bond acceptors (Lipinski definition) is 1. The van der Waals surface area contributed by atoms with Gasteiger partial charge < -0.3 is 5.11 Å². The zero-order valence-electron chi connectivity index (χ0n) is 6.42. The molecule has 0 unspecified atom stereocenters. The molecule has 10 heavy (non-hydrogen) atoms. The van der Waals surface area contributed by atoms with E-state index in [0.29, 0.717) is 5.92 Å². The Morgan fingerprint density at radius 2 is 1.70 bits per heavy atom. The van der Waals surface area contributed by atoms with Gasteiger partial charge in [-0.1, -0.05) is 19.3 Å². The predicted molar refractivity (Wildman–Crippen MR) is 40.7 cm³/mol. The molecule has 2 fully saturated rings. The zero-order valence-corrected chi connectivity index (χ0v) is 6.42.